The third-order valence-corrected chi connectivity index (χ3v) is 4.85. The van der Waals surface area contributed by atoms with Gasteiger partial charge in [0.15, 0.2) is 0 Å². The van der Waals surface area contributed by atoms with Crippen molar-refractivity contribution in [2.24, 2.45) is 5.73 Å². The van der Waals surface area contributed by atoms with Crippen LogP contribution in [0.3, 0.4) is 0 Å². The van der Waals surface area contributed by atoms with Crippen molar-refractivity contribution in [2.75, 3.05) is 39.5 Å². The van der Waals surface area contributed by atoms with Crippen LogP contribution in [0.2, 0.25) is 0 Å². The maximum Gasteiger partial charge on any atom is 0.214 e. The summed E-state index contributed by atoms with van der Waals surface area (Å²) in [6.45, 7) is 1.22. The van der Waals surface area contributed by atoms with E-state index in [9.17, 15) is 13.5 Å². The number of nitrogens with zero attached hydrogens (tertiary/aromatic N) is 2. The number of sulfonamides is 1. The normalized spacial score (nSPS) is 26.9. The van der Waals surface area contributed by atoms with Crippen molar-refractivity contribution in [3.05, 3.63) is 0 Å². The highest BCUT2D eigenvalue weighted by molar-refractivity contribution is 7.89. The standard InChI is InChI=1S/C10H23N3O3S/c1-12(2)7-9-6-10(14)8-13(9)17(15,16)5-3-4-11/h9-10,14H,3-8,11H2,1-2H3. The molecule has 0 saturated carbocycles. The molecule has 0 bridgehead atoms. The number of aliphatic hydroxyl groups excluding tert-OH is 1. The minimum atomic E-state index is -3.28. The van der Waals surface area contributed by atoms with Gasteiger partial charge in [-0.3, -0.25) is 0 Å². The summed E-state index contributed by atoms with van der Waals surface area (Å²) in [4.78, 5) is 1.94. The lowest BCUT2D eigenvalue weighted by molar-refractivity contribution is 0.188. The molecule has 1 aliphatic heterocycles. The number of aliphatic hydroxyl groups is 1. The Morgan fingerprint density at radius 2 is 2.12 bits per heavy atom. The monoisotopic (exact) mass is 265 g/mol. The quantitative estimate of drug-likeness (QED) is 0.621. The van der Waals surface area contributed by atoms with Gasteiger partial charge in [-0.1, -0.05) is 0 Å². The first-order valence-electron chi connectivity index (χ1n) is 5.89. The largest absolute Gasteiger partial charge is 0.392 e. The number of likely N-dealkylation sites (N-methyl/N-ethyl adjacent to an activating group) is 1. The molecule has 1 aliphatic rings. The van der Waals surface area contributed by atoms with Gasteiger partial charge in [-0.15, -0.1) is 0 Å². The SMILES string of the molecule is CN(C)CC1CC(O)CN1S(=O)(=O)CCCN. The molecule has 0 spiro atoms. The van der Waals surface area contributed by atoms with Crippen molar-refractivity contribution in [2.45, 2.75) is 25.0 Å². The lowest BCUT2D eigenvalue weighted by Crippen LogP contribution is -2.42. The van der Waals surface area contributed by atoms with Gasteiger partial charge in [0.1, 0.15) is 0 Å². The Morgan fingerprint density at radius 1 is 1.47 bits per heavy atom. The van der Waals surface area contributed by atoms with Gasteiger partial charge in [0.25, 0.3) is 0 Å². The van der Waals surface area contributed by atoms with E-state index < -0.39 is 16.1 Å². The first kappa shape index (κ1) is 14.8. The second-order valence-corrected chi connectivity index (χ2v) is 6.87. The van der Waals surface area contributed by atoms with Crippen molar-refractivity contribution < 1.29 is 13.5 Å². The number of nitrogens with two attached hydrogens (primary N) is 1. The van der Waals surface area contributed by atoms with E-state index in [-0.39, 0.29) is 18.3 Å². The van der Waals surface area contributed by atoms with Crippen LogP contribution in [0.5, 0.6) is 0 Å². The highest BCUT2D eigenvalue weighted by Gasteiger charge is 2.38. The van der Waals surface area contributed by atoms with E-state index in [2.05, 4.69) is 0 Å². The zero-order valence-electron chi connectivity index (χ0n) is 10.5. The van der Waals surface area contributed by atoms with Gasteiger partial charge in [0, 0.05) is 19.1 Å². The zero-order chi connectivity index (χ0) is 13.1. The molecule has 1 heterocycles. The van der Waals surface area contributed by atoms with Crippen LogP contribution in [0.25, 0.3) is 0 Å². The van der Waals surface area contributed by atoms with E-state index in [1.54, 1.807) is 0 Å². The molecule has 0 amide bonds. The highest BCUT2D eigenvalue weighted by atomic mass is 32.2. The maximum atomic E-state index is 12.1. The van der Waals surface area contributed by atoms with Crippen molar-refractivity contribution in [3.63, 3.8) is 0 Å². The molecule has 0 aromatic carbocycles. The van der Waals surface area contributed by atoms with Crippen LogP contribution in [0.1, 0.15) is 12.8 Å². The summed E-state index contributed by atoms with van der Waals surface area (Å²) >= 11 is 0. The molecule has 0 aromatic rings. The summed E-state index contributed by atoms with van der Waals surface area (Å²) in [7, 11) is 0.513. The first-order valence-corrected chi connectivity index (χ1v) is 7.50. The summed E-state index contributed by atoms with van der Waals surface area (Å²) < 4.78 is 25.6. The van der Waals surface area contributed by atoms with Crippen molar-refractivity contribution in [3.8, 4) is 0 Å². The van der Waals surface area contributed by atoms with Gasteiger partial charge >= 0.3 is 0 Å². The Morgan fingerprint density at radius 3 is 2.65 bits per heavy atom. The fourth-order valence-electron chi connectivity index (χ4n) is 2.17. The third-order valence-electron chi connectivity index (χ3n) is 2.88. The van der Waals surface area contributed by atoms with Crippen LogP contribution < -0.4 is 5.73 Å². The molecule has 2 unspecified atom stereocenters. The van der Waals surface area contributed by atoms with Crippen LogP contribution in [0.15, 0.2) is 0 Å². The zero-order valence-corrected chi connectivity index (χ0v) is 11.4. The van der Waals surface area contributed by atoms with Crippen molar-refractivity contribution in [1.82, 2.24) is 9.21 Å². The number of rotatable bonds is 6. The van der Waals surface area contributed by atoms with Crippen molar-refractivity contribution in [1.29, 1.82) is 0 Å². The van der Waals surface area contributed by atoms with Gasteiger partial charge in [-0.05, 0) is 33.5 Å². The Bertz CT molecular complexity index is 332. The predicted molar refractivity (Wildman–Crippen MR) is 67.1 cm³/mol. The topological polar surface area (TPSA) is 86.9 Å². The number of β-amino-alcohol motifs (C(OH)–C–C–N with tert-alkyl or cyclic N) is 1. The van der Waals surface area contributed by atoms with E-state index in [1.165, 1.54) is 4.31 Å². The molecule has 1 saturated heterocycles. The van der Waals surface area contributed by atoms with Crippen LogP contribution >= 0.6 is 0 Å². The molecule has 0 aliphatic carbocycles. The average Bonchev–Trinajstić information content (AvgIpc) is 2.56. The van der Waals surface area contributed by atoms with E-state index >= 15 is 0 Å². The molecule has 102 valence electrons. The fourth-order valence-corrected chi connectivity index (χ4v) is 3.95. The van der Waals surface area contributed by atoms with Gasteiger partial charge in [0.05, 0.1) is 11.9 Å². The van der Waals surface area contributed by atoms with Gasteiger partial charge < -0.3 is 15.7 Å². The number of hydrogen-bond acceptors (Lipinski definition) is 5. The highest BCUT2D eigenvalue weighted by Crippen LogP contribution is 2.22. The van der Waals surface area contributed by atoms with E-state index in [1.807, 2.05) is 19.0 Å². The second-order valence-electron chi connectivity index (χ2n) is 4.83. The fraction of sp³-hybridized carbons (Fsp3) is 1.00. The molecule has 1 rings (SSSR count). The molecule has 3 N–H and O–H groups in total. The van der Waals surface area contributed by atoms with Gasteiger partial charge in [-0.2, -0.15) is 4.31 Å². The van der Waals surface area contributed by atoms with Gasteiger partial charge in [-0.25, -0.2) is 8.42 Å². The second kappa shape index (κ2) is 6.10. The Balaban J connectivity index is 2.72. The van der Waals surface area contributed by atoms with E-state index in [0.717, 1.165) is 0 Å². The molecule has 2 atom stereocenters. The molecular formula is C10H23N3O3S. The minimum absolute atomic E-state index is 0.0696. The van der Waals surface area contributed by atoms with E-state index in [4.69, 9.17) is 5.73 Å². The minimum Gasteiger partial charge on any atom is -0.392 e. The molecular weight excluding hydrogens is 242 g/mol. The van der Waals surface area contributed by atoms with Crippen LogP contribution in [-0.4, -0.2) is 74.4 Å². The smallest absolute Gasteiger partial charge is 0.214 e. The molecule has 7 heteroatoms. The van der Waals surface area contributed by atoms with Crippen LogP contribution in [0.4, 0.5) is 0 Å². The van der Waals surface area contributed by atoms with Gasteiger partial charge in [0.2, 0.25) is 10.0 Å². The maximum absolute atomic E-state index is 12.1. The summed E-state index contributed by atoms with van der Waals surface area (Å²) in [6, 6.07) is -0.122. The summed E-state index contributed by atoms with van der Waals surface area (Å²) in [6.07, 6.45) is 0.427. The van der Waals surface area contributed by atoms with E-state index in [0.29, 0.717) is 25.9 Å². The van der Waals surface area contributed by atoms with Crippen molar-refractivity contribution >= 4 is 10.0 Å². The lowest BCUT2D eigenvalue weighted by Gasteiger charge is -2.26. The third kappa shape index (κ3) is 4.18. The Hall–Kier alpha value is -0.210. The summed E-state index contributed by atoms with van der Waals surface area (Å²) in [5.41, 5.74) is 5.34. The molecule has 6 nitrogen and oxygen atoms in total. The molecule has 0 radical (unpaired) electrons. The number of hydrogen-bond donors (Lipinski definition) is 2. The summed E-state index contributed by atoms with van der Waals surface area (Å²) in [5, 5.41) is 9.62. The molecule has 1 fully saturated rings. The first-order chi connectivity index (χ1) is 7.86. The Labute approximate surface area is 103 Å². The molecule has 17 heavy (non-hydrogen) atoms. The van der Waals surface area contributed by atoms with Crippen LogP contribution in [0, 0.1) is 0 Å². The average molecular weight is 265 g/mol. The summed E-state index contributed by atoms with van der Waals surface area (Å²) in [5.74, 6) is 0.0696. The lowest BCUT2D eigenvalue weighted by atomic mass is 10.2. The Kier molecular flexibility index (Phi) is 5.33. The predicted octanol–water partition coefficient (Wildman–Crippen LogP) is -1.34. The molecule has 0 aromatic heterocycles. The van der Waals surface area contributed by atoms with Crippen LogP contribution in [-0.2, 0) is 10.0 Å².